The van der Waals surface area contributed by atoms with Crippen molar-refractivity contribution in [2.75, 3.05) is 13.4 Å². The van der Waals surface area contributed by atoms with Crippen molar-refractivity contribution in [3.8, 4) is 11.5 Å². The van der Waals surface area contributed by atoms with Gasteiger partial charge in [0.1, 0.15) is 12.7 Å². The number of carbonyl (C=O) groups is 5. The molecule has 1 amide bonds. The number of rotatable bonds is 7. The number of amides is 1. The van der Waals surface area contributed by atoms with Crippen LogP contribution in [0.3, 0.4) is 0 Å². The number of ether oxygens (including phenoxy) is 7. The van der Waals surface area contributed by atoms with E-state index in [-0.39, 0.29) is 16.0 Å². The van der Waals surface area contributed by atoms with Gasteiger partial charge in [-0.1, -0.05) is 30.0 Å². The summed E-state index contributed by atoms with van der Waals surface area (Å²) in [5.74, 6) is -2.52. The van der Waals surface area contributed by atoms with Gasteiger partial charge in [-0.2, -0.15) is 0 Å². The molecule has 40 heavy (non-hydrogen) atoms. The highest BCUT2D eigenvalue weighted by molar-refractivity contribution is 8.26. The first-order valence-electron chi connectivity index (χ1n) is 11.9. The van der Waals surface area contributed by atoms with Crippen LogP contribution in [-0.4, -0.2) is 83.0 Å². The zero-order valence-corrected chi connectivity index (χ0v) is 23.4. The van der Waals surface area contributed by atoms with Gasteiger partial charge in [0, 0.05) is 27.7 Å². The smallest absolute Gasteiger partial charge is 0.303 e. The topological polar surface area (TPSA) is 153 Å². The lowest BCUT2D eigenvalue weighted by Gasteiger charge is -2.46. The summed E-state index contributed by atoms with van der Waals surface area (Å²) in [4.78, 5) is 62.6. The number of fused-ring (bicyclic) bond motifs is 1. The average Bonchev–Trinajstić information content (AvgIpc) is 3.43. The van der Waals surface area contributed by atoms with Crippen LogP contribution >= 0.6 is 24.0 Å². The van der Waals surface area contributed by atoms with Gasteiger partial charge in [-0.05, 0) is 23.8 Å². The number of hydrogen-bond donors (Lipinski definition) is 0. The number of thioether (sulfide) groups is 1. The molecule has 0 aliphatic carbocycles. The molecule has 0 bridgehead atoms. The second-order valence-electron chi connectivity index (χ2n) is 8.75. The fourth-order valence-electron chi connectivity index (χ4n) is 4.27. The Labute approximate surface area is 238 Å². The predicted octanol–water partition coefficient (Wildman–Crippen LogP) is 1.70. The second kappa shape index (κ2) is 12.2. The Bertz CT molecular complexity index is 1280. The van der Waals surface area contributed by atoms with Crippen molar-refractivity contribution < 1.29 is 57.1 Å². The Hall–Kier alpha value is -3.69. The van der Waals surface area contributed by atoms with E-state index in [1.165, 1.54) is 0 Å². The second-order valence-corrected chi connectivity index (χ2v) is 10.4. The number of thiocarbonyl (C=S) groups is 1. The standard InChI is InChI=1S/C25H25NO12S2/c1-11(27)32-9-18-20(35-12(2)28)21(36-13(3)29)22(37-14(4)30)24(38-18)26-23(31)19(40-25(26)39)8-15-5-6-16-17(7-15)34-10-33-16/h5-8,18,20-22,24H,9-10H2,1-4H3/b19-8+/t18-,20+,21+,22+,24-/m0/s1. The molecule has 2 saturated heterocycles. The SMILES string of the molecule is CC(=O)OC[C@@H]1O[C@H](N2C(=O)/C(=C\c3ccc4c(c3)OCO4)SC2=S)[C@H](OC(C)=O)[C@H](OC(C)=O)[C@@H]1OC(C)=O. The molecule has 13 nitrogen and oxygen atoms in total. The van der Waals surface area contributed by atoms with Gasteiger partial charge in [-0.15, -0.1) is 0 Å². The van der Waals surface area contributed by atoms with Crippen molar-refractivity contribution in [2.45, 2.75) is 58.3 Å². The number of esters is 4. The van der Waals surface area contributed by atoms with Crippen LogP contribution in [0, 0.1) is 0 Å². The Balaban J connectivity index is 1.71. The van der Waals surface area contributed by atoms with Crippen LogP contribution in [-0.2, 0) is 47.7 Å². The third kappa shape index (κ3) is 6.54. The highest BCUT2D eigenvalue weighted by Crippen LogP contribution is 2.40. The highest BCUT2D eigenvalue weighted by Gasteiger charge is 2.56. The molecule has 4 rings (SSSR count). The molecule has 2 fully saturated rings. The van der Waals surface area contributed by atoms with Crippen molar-refractivity contribution in [1.29, 1.82) is 0 Å². The zero-order chi connectivity index (χ0) is 29.1. The van der Waals surface area contributed by atoms with Crippen LogP contribution in [0.15, 0.2) is 23.1 Å². The molecule has 0 saturated carbocycles. The minimum atomic E-state index is -1.47. The van der Waals surface area contributed by atoms with Gasteiger partial charge in [0.05, 0.1) is 4.91 Å². The van der Waals surface area contributed by atoms with E-state index in [0.29, 0.717) is 17.1 Å². The molecule has 0 N–H and O–H groups in total. The number of benzene rings is 1. The van der Waals surface area contributed by atoms with E-state index in [0.717, 1.165) is 44.4 Å². The van der Waals surface area contributed by atoms with Crippen LogP contribution in [0.5, 0.6) is 11.5 Å². The summed E-state index contributed by atoms with van der Waals surface area (Å²) < 4.78 is 38.2. The quantitative estimate of drug-likeness (QED) is 0.194. The molecule has 1 aromatic rings. The normalized spacial score (nSPS) is 26.4. The first kappa shape index (κ1) is 29.3. The first-order chi connectivity index (χ1) is 18.9. The van der Waals surface area contributed by atoms with E-state index >= 15 is 0 Å². The molecule has 0 aromatic heterocycles. The van der Waals surface area contributed by atoms with Gasteiger partial charge >= 0.3 is 23.9 Å². The maximum absolute atomic E-state index is 13.6. The Kier molecular flexibility index (Phi) is 8.95. The van der Waals surface area contributed by atoms with E-state index in [1.54, 1.807) is 24.3 Å². The molecule has 214 valence electrons. The molecule has 0 radical (unpaired) electrons. The van der Waals surface area contributed by atoms with Gasteiger partial charge in [-0.3, -0.25) is 28.9 Å². The van der Waals surface area contributed by atoms with E-state index in [2.05, 4.69) is 0 Å². The van der Waals surface area contributed by atoms with Crippen molar-refractivity contribution >= 4 is 64.2 Å². The van der Waals surface area contributed by atoms with Crippen molar-refractivity contribution in [1.82, 2.24) is 4.90 Å². The van der Waals surface area contributed by atoms with Gasteiger partial charge in [0.15, 0.2) is 40.4 Å². The van der Waals surface area contributed by atoms with Crippen molar-refractivity contribution in [2.24, 2.45) is 0 Å². The first-order valence-corrected chi connectivity index (χ1v) is 13.1. The molecular weight excluding hydrogens is 570 g/mol. The lowest BCUT2D eigenvalue weighted by molar-refractivity contribution is -0.268. The maximum Gasteiger partial charge on any atom is 0.303 e. The minimum absolute atomic E-state index is 0.0536. The van der Waals surface area contributed by atoms with E-state index in [9.17, 15) is 24.0 Å². The monoisotopic (exact) mass is 595 g/mol. The van der Waals surface area contributed by atoms with E-state index < -0.39 is 67.0 Å². The van der Waals surface area contributed by atoms with E-state index in [1.807, 2.05) is 0 Å². The summed E-state index contributed by atoms with van der Waals surface area (Å²) in [6.45, 7) is 4.14. The van der Waals surface area contributed by atoms with Gasteiger partial charge in [-0.25, -0.2) is 0 Å². The van der Waals surface area contributed by atoms with Crippen molar-refractivity contribution in [3.63, 3.8) is 0 Å². The molecule has 3 aliphatic heterocycles. The van der Waals surface area contributed by atoms with Crippen LogP contribution in [0.25, 0.3) is 6.08 Å². The molecular formula is C25H25NO12S2. The summed E-state index contributed by atoms with van der Waals surface area (Å²) in [7, 11) is 0. The molecule has 3 heterocycles. The van der Waals surface area contributed by atoms with Gasteiger partial charge in [0.25, 0.3) is 5.91 Å². The fourth-order valence-corrected chi connectivity index (χ4v) is 5.58. The largest absolute Gasteiger partial charge is 0.463 e. The number of hydrogen-bond acceptors (Lipinski definition) is 14. The van der Waals surface area contributed by atoms with Crippen LogP contribution in [0.2, 0.25) is 0 Å². The highest BCUT2D eigenvalue weighted by atomic mass is 32.2. The summed E-state index contributed by atoms with van der Waals surface area (Å²) in [6.07, 6.45) is -5.33. The number of nitrogens with zero attached hydrogens (tertiary/aromatic N) is 1. The summed E-state index contributed by atoms with van der Waals surface area (Å²) in [6, 6.07) is 5.13. The van der Waals surface area contributed by atoms with Crippen LogP contribution in [0.1, 0.15) is 33.3 Å². The summed E-state index contributed by atoms with van der Waals surface area (Å²) in [5, 5.41) is 0. The molecule has 0 spiro atoms. The van der Waals surface area contributed by atoms with Crippen LogP contribution < -0.4 is 9.47 Å². The third-order valence-electron chi connectivity index (χ3n) is 5.74. The third-order valence-corrected chi connectivity index (χ3v) is 7.07. The average molecular weight is 596 g/mol. The maximum atomic E-state index is 13.6. The number of carbonyl (C=O) groups excluding carboxylic acids is 5. The molecule has 1 aromatic carbocycles. The predicted molar refractivity (Wildman–Crippen MR) is 140 cm³/mol. The zero-order valence-electron chi connectivity index (χ0n) is 21.8. The van der Waals surface area contributed by atoms with Gasteiger partial charge in [0.2, 0.25) is 6.79 Å². The summed E-state index contributed by atoms with van der Waals surface area (Å²) >= 11 is 6.46. The van der Waals surface area contributed by atoms with Crippen LogP contribution in [0.4, 0.5) is 0 Å². The Morgan fingerprint density at radius 1 is 0.950 bits per heavy atom. The molecule has 0 unspecified atom stereocenters. The fraction of sp³-hybridized carbons (Fsp3) is 0.440. The lowest BCUT2D eigenvalue weighted by Crippen LogP contribution is -2.66. The molecule has 3 aliphatic rings. The molecule has 5 atom stereocenters. The van der Waals surface area contributed by atoms with Gasteiger partial charge < -0.3 is 33.2 Å². The molecule has 15 heteroatoms. The van der Waals surface area contributed by atoms with Crippen molar-refractivity contribution in [3.05, 3.63) is 28.7 Å². The Morgan fingerprint density at radius 2 is 1.57 bits per heavy atom. The van der Waals surface area contributed by atoms with E-state index in [4.69, 9.17) is 45.4 Å². The Morgan fingerprint density at radius 3 is 2.23 bits per heavy atom. The summed E-state index contributed by atoms with van der Waals surface area (Å²) in [5.41, 5.74) is 0.631. The minimum Gasteiger partial charge on any atom is -0.463 e. The lowest BCUT2D eigenvalue weighted by atomic mass is 9.96.